The minimum atomic E-state index is -0.00773. The molecule has 1 aromatic carbocycles. The number of rotatable bonds is 4. The Hall–Kier alpha value is -1.55. The molecule has 0 saturated carbocycles. The zero-order valence-corrected chi connectivity index (χ0v) is 11.7. The summed E-state index contributed by atoms with van der Waals surface area (Å²) in [6, 6.07) is 7.96. The van der Waals surface area contributed by atoms with Crippen molar-refractivity contribution in [1.29, 1.82) is 0 Å². The summed E-state index contributed by atoms with van der Waals surface area (Å²) in [7, 11) is 2.15. The molecule has 0 spiro atoms. The van der Waals surface area contributed by atoms with Crippen LogP contribution in [0, 0.1) is 0 Å². The number of carbonyl (C=O) groups is 1. The summed E-state index contributed by atoms with van der Waals surface area (Å²) in [5, 5.41) is 2.78. The van der Waals surface area contributed by atoms with Crippen molar-refractivity contribution in [1.82, 2.24) is 10.2 Å². The molecule has 0 aromatic heterocycles. The molecular weight excluding hydrogens is 240 g/mol. The van der Waals surface area contributed by atoms with Crippen molar-refractivity contribution in [2.24, 2.45) is 0 Å². The van der Waals surface area contributed by atoms with Crippen LogP contribution in [-0.2, 0) is 11.3 Å². The third-order valence-electron chi connectivity index (χ3n) is 3.43. The van der Waals surface area contributed by atoms with E-state index in [1.165, 1.54) is 6.92 Å². The fourth-order valence-corrected chi connectivity index (χ4v) is 2.21. The predicted octanol–water partition coefficient (Wildman–Crippen LogP) is 1.80. The number of hydrogen-bond acceptors (Lipinski definition) is 3. The van der Waals surface area contributed by atoms with Crippen molar-refractivity contribution < 1.29 is 9.53 Å². The zero-order valence-electron chi connectivity index (χ0n) is 11.7. The van der Waals surface area contributed by atoms with Gasteiger partial charge in [-0.2, -0.15) is 0 Å². The number of amides is 1. The van der Waals surface area contributed by atoms with E-state index >= 15 is 0 Å². The lowest BCUT2D eigenvalue weighted by atomic mass is 10.1. The summed E-state index contributed by atoms with van der Waals surface area (Å²) < 4.78 is 5.97. The van der Waals surface area contributed by atoms with Gasteiger partial charge in [0.05, 0.1) is 0 Å². The molecule has 0 radical (unpaired) electrons. The lowest BCUT2D eigenvalue weighted by Gasteiger charge is -2.29. The van der Waals surface area contributed by atoms with Gasteiger partial charge in [0.1, 0.15) is 11.9 Å². The Kier molecular flexibility index (Phi) is 4.80. The first kappa shape index (κ1) is 13.9. The molecule has 1 aliphatic heterocycles. The van der Waals surface area contributed by atoms with Crippen LogP contribution in [0.3, 0.4) is 0 Å². The summed E-state index contributed by atoms with van der Waals surface area (Å²) in [5.74, 6) is 0.910. The van der Waals surface area contributed by atoms with E-state index in [0.29, 0.717) is 12.6 Å². The molecule has 1 aromatic rings. The fraction of sp³-hybridized carbons (Fsp3) is 0.533. The van der Waals surface area contributed by atoms with Crippen LogP contribution >= 0.6 is 0 Å². The van der Waals surface area contributed by atoms with E-state index < -0.39 is 0 Å². The third-order valence-corrected chi connectivity index (χ3v) is 3.43. The van der Waals surface area contributed by atoms with Gasteiger partial charge < -0.3 is 15.0 Å². The molecule has 19 heavy (non-hydrogen) atoms. The lowest BCUT2D eigenvalue weighted by Crippen LogP contribution is -2.35. The van der Waals surface area contributed by atoms with Gasteiger partial charge in [-0.3, -0.25) is 4.79 Å². The average molecular weight is 262 g/mol. The quantitative estimate of drug-likeness (QED) is 0.899. The topological polar surface area (TPSA) is 41.6 Å². The predicted molar refractivity (Wildman–Crippen MR) is 75.1 cm³/mol. The Bertz CT molecular complexity index is 409. The van der Waals surface area contributed by atoms with Gasteiger partial charge in [0.2, 0.25) is 5.91 Å². The smallest absolute Gasteiger partial charge is 0.217 e. The van der Waals surface area contributed by atoms with E-state index in [4.69, 9.17) is 4.74 Å². The van der Waals surface area contributed by atoms with E-state index in [2.05, 4.69) is 17.3 Å². The summed E-state index contributed by atoms with van der Waals surface area (Å²) >= 11 is 0. The number of nitrogens with one attached hydrogen (secondary N) is 1. The Morgan fingerprint density at radius 2 is 1.95 bits per heavy atom. The van der Waals surface area contributed by atoms with E-state index in [1.807, 2.05) is 24.3 Å². The van der Waals surface area contributed by atoms with Crippen LogP contribution < -0.4 is 10.1 Å². The number of ether oxygens (including phenoxy) is 1. The summed E-state index contributed by atoms with van der Waals surface area (Å²) in [6.45, 7) is 4.30. The molecular formula is C15H22N2O2. The summed E-state index contributed by atoms with van der Waals surface area (Å²) in [6.07, 6.45) is 2.51. The van der Waals surface area contributed by atoms with Crippen LogP contribution in [0.15, 0.2) is 24.3 Å². The van der Waals surface area contributed by atoms with Crippen molar-refractivity contribution in [3.05, 3.63) is 29.8 Å². The first-order valence-corrected chi connectivity index (χ1v) is 6.82. The fourth-order valence-electron chi connectivity index (χ4n) is 2.21. The number of carbonyl (C=O) groups excluding carboxylic acids is 1. The lowest BCUT2D eigenvalue weighted by molar-refractivity contribution is -0.119. The Morgan fingerprint density at radius 3 is 2.53 bits per heavy atom. The molecule has 0 bridgehead atoms. The van der Waals surface area contributed by atoms with Gasteiger partial charge in [0, 0.05) is 26.6 Å². The molecule has 1 amide bonds. The second-order valence-electron chi connectivity index (χ2n) is 5.17. The number of nitrogens with zero attached hydrogens (tertiary/aromatic N) is 1. The van der Waals surface area contributed by atoms with E-state index in [1.54, 1.807) is 0 Å². The molecule has 2 rings (SSSR count). The van der Waals surface area contributed by atoms with Gasteiger partial charge in [-0.1, -0.05) is 12.1 Å². The molecule has 0 aliphatic carbocycles. The molecule has 0 unspecified atom stereocenters. The summed E-state index contributed by atoms with van der Waals surface area (Å²) in [5.41, 5.74) is 1.09. The van der Waals surface area contributed by atoms with E-state index in [9.17, 15) is 4.79 Å². The largest absolute Gasteiger partial charge is 0.490 e. The minimum absolute atomic E-state index is 0.00773. The molecule has 4 heteroatoms. The van der Waals surface area contributed by atoms with Crippen molar-refractivity contribution in [3.63, 3.8) is 0 Å². The Morgan fingerprint density at radius 1 is 1.32 bits per heavy atom. The maximum absolute atomic E-state index is 10.8. The van der Waals surface area contributed by atoms with Crippen molar-refractivity contribution >= 4 is 5.91 Å². The van der Waals surface area contributed by atoms with Crippen LogP contribution in [-0.4, -0.2) is 37.0 Å². The van der Waals surface area contributed by atoms with Crippen LogP contribution in [0.4, 0.5) is 0 Å². The van der Waals surface area contributed by atoms with Crippen molar-refractivity contribution in [2.75, 3.05) is 20.1 Å². The molecule has 1 N–H and O–H groups in total. The maximum Gasteiger partial charge on any atom is 0.217 e. The molecule has 1 saturated heterocycles. The molecule has 4 nitrogen and oxygen atoms in total. The highest BCUT2D eigenvalue weighted by atomic mass is 16.5. The highest BCUT2D eigenvalue weighted by Gasteiger charge is 2.17. The molecule has 1 aliphatic rings. The maximum atomic E-state index is 10.8. The average Bonchev–Trinajstić information content (AvgIpc) is 2.40. The highest BCUT2D eigenvalue weighted by Crippen LogP contribution is 2.19. The normalized spacial score (nSPS) is 17.2. The van der Waals surface area contributed by atoms with Crippen LogP contribution in [0.25, 0.3) is 0 Å². The highest BCUT2D eigenvalue weighted by molar-refractivity contribution is 5.72. The molecule has 1 fully saturated rings. The minimum Gasteiger partial charge on any atom is -0.490 e. The van der Waals surface area contributed by atoms with Crippen LogP contribution in [0.2, 0.25) is 0 Å². The monoisotopic (exact) mass is 262 g/mol. The number of likely N-dealkylation sites (tertiary alicyclic amines) is 1. The molecule has 1 heterocycles. The van der Waals surface area contributed by atoms with Gasteiger partial charge in [0.15, 0.2) is 0 Å². The first-order chi connectivity index (χ1) is 9.13. The number of piperidine rings is 1. The van der Waals surface area contributed by atoms with E-state index in [-0.39, 0.29) is 5.91 Å². The van der Waals surface area contributed by atoms with E-state index in [0.717, 1.165) is 37.2 Å². The summed E-state index contributed by atoms with van der Waals surface area (Å²) in [4.78, 5) is 13.2. The standard InChI is InChI=1S/C15H22N2O2/c1-12(18)16-11-13-3-5-14(6-4-13)19-15-7-9-17(2)10-8-15/h3-6,15H,7-11H2,1-2H3,(H,16,18). The van der Waals surface area contributed by atoms with Gasteiger partial charge >= 0.3 is 0 Å². The Balaban J connectivity index is 1.83. The first-order valence-electron chi connectivity index (χ1n) is 6.82. The van der Waals surface area contributed by atoms with Gasteiger partial charge in [-0.05, 0) is 37.6 Å². The van der Waals surface area contributed by atoms with Crippen molar-refractivity contribution in [2.45, 2.75) is 32.4 Å². The number of hydrogen-bond donors (Lipinski definition) is 1. The number of benzene rings is 1. The second-order valence-corrected chi connectivity index (χ2v) is 5.17. The third kappa shape index (κ3) is 4.56. The van der Waals surface area contributed by atoms with Crippen LogP contribution in [0.1, 0.15) is 25.3 Å². The zero-order chi connectivity index (χ0) is 13.7. The van der Waals surface area contributed by atoms with Gasteiger partial charge in [-0.25, -0.2) is 0 Å². The molecule has 0 atom stereocenters. The molecule has 104 valence electrons. The SMILES string of the molecule is CC(=O)NCc1ccc(OC2CCN(C)CC2)cc1. The van der Waals surface area contributed by atoms with Gasteiger partial charge in [-0.15, -0.1) is 0 Å². The van der Waals surface area contributed by atoms with Gasteiger partial charge in [0.25, 0.3) is 0 Å². The second kappa shape index (κ2) is 6.57. The van der Waals surface area contributed by atoms with Crippen LogP contribution in [0.5, 0.6) is 5.75 Å². The van der Waals surface area contributed by atoms with Crippen molar-refractivity contribution in [3.8, 4) is 5.75 Å². The Labute approximate surface area is 114 Å².